The number of nitrogens with zero attached hydrogens (tertiary/aromatic N) is 1. The van der Waals surface area contributed by atoms with Crippen LogP contribution < -0.4 is 10.6 Å². The summed E-state index contributed by atoms with van der Waals surface area (Å²) in [6, 6.07) is 6.33. The van der Waals surface area contributed by atoms with Crippen LogP contribution >= 0.6 is 0 Å². The van der Waals surface area contributed by atoms with Crippen LogP contribution in [-0.2, 0) is 4.79 Å². The number of anilines is 1. The van der Waals surface area contributed by atoms with E-state index in [1.54, 1.807) is 0 Å². The zero-order chi connectivity index (χ0) is 12.9. The first kappa shape index (κ1) is 11.7. The molecule has 1 aliphatic carbocycles. The van der Waals surface area contributed by atoms with Crippen LogP contribution in [0.1, 0.15) is 49.8 Å². The van der Waals surface area contributed by atoms with Gasteiger partial charge in [0.25, 0.3) is 0 Å². The Morgan fingerprint density at radius 3 is 2.94 bits per heavy atom. The molecule has 1 aromatic rings. The normalized spacial score (nSPS) is 25.8. The summed E-state index contributed by atoms with van der Waals surface area (Å²) in [5.74, 6) is 1.09. The predicted octanol–water partition coefficient (Wildman–Crippen LogP) is 2.57. The van der Waals surface area contributed by atoms with E-state index in [9.17, 15) is 4.79 Å². The molecule has 1 heterocycles. The summed E-state index contributed by atoms with van der Waals surface area (Å²) < 4.78 is 0. The lowest BCUT2D eigenvalue weighted by molar-refractivity contribution is -0.119. The van der Waals surface area contributed by atoms with E-state index in [1.807, 2.05) is 11.0 Å². The number of nitrogens with two attached hydrogens (primary N) is 1. The van der Waals surface area contributed by atoms with Gasteiger partial charge in [-0.15, -0.1) is 0 Å². The molecule has 96 valence electrons. The molecule has 1 amide bonds. The van der Waals surface area contributed by atoms with E-state index in [2.05, 4.69) is 26.0 Å². The fourth-order valence-electron chi connectivity index (χ4n) is 3.33. The van der Waals surface area contributed by atoms with E-state index in [1.165, 1.54) is 11.1 Å². The molecule has 3 rings (SSSR count). The summed E-state index contributed by atoms with van der Waals surface area (Å²) in [5.41, 5.74) is 9.87. The predicted molar refractivity (Wildman–Crippen MR) is 72.5 cm³/mol. The minimum absolute atomic E-state index is 0.108. The average Bonchev–Trinajstić information content (AvgIpc) is 2.62. The van der Waals surface area contributed by atoms with Gasteiger partial charge in [-0.25, -0.2) is 0 Å². The number of rotatable bonds is 2. The number of carbonyl (C=O) groups excluding carboxylic acids is 1. The van der Waals surface area contributed by atoms with Gasteiger partial charge >= 0.3 is 0 Å². The van der Waals surface area contributed by atoms with Crippen molar-refractivity contribution in [2.24, 2.45) is 11.7 Å². The second-order valence-corrected chi connectivity index (χ2v) is 5.92. The Kier molecular flexibility index (Phi) is 2.67. The highest BCUT2D eigenvalue weighted by Gasteiger charge is 2.39. The van der Waals surface area contributed by atoms with Gasteiger partial charge in [-0.2, -0.15) is 0 Å². The van der Waals surface area contributed by atoms with E-state index in [-0.39, 0.29) is 11.9 Å². The molecule has 2 unspecified atom stereocenters. The van der Waals surface area contributed by atoms with Crippen molar-refractivity contribution in [1.29, 1.82) is 0 Å². The van der Waals surface area contributed by atoms with E-state index < -0.39 is 0 Å². The Morgan fingerprint density at radius 2 is 2.22 bits per heavy atom. The van der Waals surface area contributed by atoms with Gasteiger partial charge in [0.1, 0.15) is 0 Å². The van der Waals surface area contributed by atoms with Crippen molar-refractivity contribution in [3.8, 4) is 0 Å². The lowest BCUT2D eigenvalue weighted by Gasteiger charge is -2.33. The second kappa shape index (κ2) is 4.09. The summed E-state index contributed by atoms with van der Waals surface area (Å²) in [5, 5.41) is 0. The molecule has 3 nitrogen and oxygen atoms in total. The van der Waals surface area contributed by atoms with Crippen molar-refractivity contribution in [3.05, 3.63) is 29.3 Å². The van der Waals surface area contributed by atoms with Crippen LogP contribution in [0.3, 0.4) is 0 Å². The van der Waals surface area contributed by atoms with Crippen LogP contribution in [0, 0.1) is 5.92 Å². The topological polar surface area (TPSA) is 46.3 Å². The van der Waals surface area contributed by atoms with Gasteiger partial charge in [0.2, 0.25) is 5.91 Å². The summed E-state index contributed by atoms with van der Waals surface area (Å²) in [6.45, 7) is 5.10. The molecule has 0 spiro atoms. The zero-order valence-electron chi connectivity index (χ0n) is 11.0. The molecule has 1 aromatic carbocycles. The largest absolute Gasteiger partial charge is 0.324 e. The molecule has 0 radical (unpaired) electrons. The van der Waals surface area contributed by atoms with Gasteiger partial charge in [-0.1, -0.05) is 26.0 Å². The van der Waals surface area contributed by atoms with E-state index in [0.717, 1.165) is 18.7 Å². The summed E-state index contributed by atoms with van der Waals surface area (Å²) >= 11 is 0. The molecule has 1 aliphatic heterocycles. The van der Waals surface area contributed by atoms with Gasteiger partial charge in [0.15, 0.2) is 0 Å². The summed E-state index contributed by atoms with van der Waals surface area (Å²) in [4.78, 5) is 14.2. The van der Waals surface area contributed by atoms with Crippen LogP contribution in [0.25, 0.3) is 0 Å². The first-order valence-corrected chi connectivity index (χ1v) is 6.76. The fourth-order valence-corrected chi connectivity index (χ4v) is 3.33. The SMILES string of the molecule is CC(C)CN1C(=O)CC2CC(N)c3cccc1c32. The van der Waals surface area contributed by atoms with Crippen molar-refractivity contribution in [2.45, 2.75) is 38.6 Å². The average molecular weight is 244 g/mol. The number of benzene rings is 1. The summed E-state index contributed by atoms with van der Waals surface area (Å²) in [7, 11) is 0. The third kappa shape index (κ3) is 1.65. The molecule has 0 fully saturated rings. The van der Waals surface area contributed by atoms with E-state index in [4.69, 9.17) is 5.73 Å². The van der Waals surface area contributed by atoms with Gasteiger partial charge < -0.3 is 10.6 Å². The van der Waals surface area contributed by atoms with Crippen LogP contribution in [0.15, 0.2) is 18.2 Å². The minimum atomic E-state index is 0.108. The van der Waals surface area contributed by atoms with E-state index in [0.29, 0.717) is 18.3 Å². The van der Waals surface area contributed by atoms with Crippen molar-refractivity contribution in [3.63, 3.8) is 0 Å². The lowest BCUT2D eigenvalue weighted by atomic mass is 9.90. The van der Waals surface area contributed by atoms with Crippen LogP contribution in [0.5, 0.6) is 0 Å². The molecule has 0 bridgehead atoms. The maximum Gasteiger partial charge on any atom is 0.227 e. The van der Waals surface area contributed by atoms with Crippen molar-refractivity contribution < 1.29 is 4.79 Å². The molecule has 2 N–H and O–H groups in total. The smallest absolute Gasteiger partial charge is 0.227 e. The first-order chi connectivity index (χ1) is 8.58. The van der Waals surface area contributed by atoms with Gasteiger partial charge in [-0.05, 0) is 35.4 Å². The third-order valence-electron chi connectivity index (χ3n) is 4.02. The highest BCUT2D eigenvalue weighted by molar-refractivity contribution is 5.97. The van der Waals surface area contributed by atoms with Crippen LogP contribution in [0.4, 0.5) is 5.69 Å². The molecule has 3 heteroatoms. The molecule has 0 aromatic heterocycles. The number of hydrogen-bond acceptors (Lipinski definition) is 2. The Labute approximate surface area is 108 Å². The molecule has 2 aliphatic rings. The molecule has 0 saturated carbocycles. The Morgan fingerprint density at radius 1 is 1.44 bits per heavy atom. The lowest BCUT2D eigenvalue weighted by Crippen LogP contribution is -2.38. The molecule has 2 atom stereocenters. The number of carbonyl (C=O) groups is 1. The van der Waals surface area contributed by atoms with E-state index >= 15 is 0 Å². The molecular weight excluding hydrogens is 224 g/mol. The monoisotopic (exact) mass is 244 g/mol. The van der Waals surface area contributed by atoms with Gasteiger partial charge in [0, 0.05) is 24.7 Å². The Bertz CT molecular complexity index is 495. The first-order valence-electron chi connectivity index (χ1n) is 6.76. The molecule has 18 heavy (non-hydrogen) atoms. The quantitative estimate of drug-likeness (QED) is 0.869. The Balaban J connectivity index is 2.08. The fraction of sp³-hybridized carbons (Fsp3) is 0.533. The van der Waals surface area contributed by atoms with Crippen LogP contribution in [-0.4, -0.2) is 12.5 Å². The maximum atomic E-state index is 12.3. The Hall–Kier alpha value is -1.35. The van der Waals surface area contributed by atoms with Gasteiger partial charge in [-0.3, -0.25) is 4.79 Å². The van der Waals surface area contributed by atoms with Gasteiger partial charge in [0.05, 0.1) is 0 Å². The highest BCUT2D eigenvalue weighted by Crippen LogP contribution is 2.48. The van der Waals surface area contributed by atoms with Crippen molar-refractivity contribution >= 4 is 11.6 Å². The summed E-state index contributed by atoms with van der Waals surface area (Å²) in [6.07, 6.45) is 1.55. The zero-order valence-corrected chi connectivity index (χ0v) is 11.0. The standard InChI is InChI=1S/C15H20N2O/c1-9(2)8-17-13-5-3-4-11-12(16)6-10(15(11)13)7-14(17)18/h3-5,9-10,12H,6-8,16H2,1-2H3. The minimum Gasteiger partial charge on any atom is -0.324 e. The number of hydrogen-bond donors (Lipinski definition) is 1. The molecule has 0 saturated heterocycles. The maximum absolute atomic E-state index is 12.3. The molecular formula is C15H20N2O. The highest BCUT2D eigenvalue weighted by atomic mass is 16.2. The third-order valence-corrected chi connectivity index (χ3v) is 4.02. The van der Waals surface area contributed by atoms with Crippen molar-refractivity contribution in [2.75, 3.05) is 11.4 Å². The van der Waals surface area contributed by atoms with Crippen LogP contribution in [0.2, 0.25) is 0 Å². The number of amides is 1. The second-order valence-electron chi connectivity index (χ2n) is 5.92. The van der Waals surface area contributed by atoms with Crippen molar-refractivity contribution in [1.82, 2.24) is 0 Å².